The fraction of sp³-hybridized carbons (Fsp3) is 0.417. The number of carbonyl (C=O) groups excluding carboxylic acids is 1. The maximum atomic E-state index is 13.6. The third-order valence-electron chi connectivity index (χ3n) is 5.59. The second-order valence-corrected chi connectivity index (χ2v) is 10.4. The lowest BCUT2D eigenvalue weighted by atomic mass is 9.81. The van der Waals surface area contributed by atoms with Crippen LogP contribution in [-0.4, -0.2) is 32.1 Å². The molecular weight excluding hydrogens is 526 g/mol. The Hall–Kier alpha value is -2.77. The zero-order valence-corrected chi connectivity index (χ0v) is 20.7. The lowest BCUT2D eigenvalue weighted by Crippen LogP contribution is -2.37. The van der Waals surface area contributed by atoms with Gasteiger partial charge in [-0.2, -0.15) is 26.3 Å². The Morgan fingerprint density at radius 3 is 2.22 bits per heavy atom. The lowest BCUT2D eigenvalue weighted by Gasteiger charge is -2.35. The van der Waals surface area contributed by atoms with Crippen LogP contribution in [0.1, 0.15) is 60.6 Å². The van der Waals surface area contributed by atoms with Crippen LogP contribution in [0.4, 0.5) is 26.3 Å². The molecule has 3 aromatic rings. The second-order valence-electron chi connectivity index (χ2n) is 8.57. The van der Waals surface area contributed by atoms with Gasteiger partial charge >= 0.3 is 12.4 Å². The highest BCUT2D eigenvalue weighted by atomic mass is 32.3. The number of hydrogen-bond donors (Lipinski definition) is 3. The van der Waals surface area contributed by atoms with E-state index in [-0.39, 0.29) is 34.9 Å². The minimum atomic E-state index is -4.97. The molecule has 1 amide bonds. The van der Waals surface area contributed by atoms with Gasteiger partial charge in [0.15, 0.2) is 17.0 Å². The summed E-state index contributed by atoms with van der Waals surface area (Å²) in [5, 5.41) is 2.95. The van der Waals surface area contributed by atoms with E-state index in [0.717, 1.165) is 0 Å². The number of aromatic nitrogens is 1. The summed E-state index contributed by atoms with van der Waals surface area (Å²) < 4.78 is 106. The van der Waals surface area contributed by atoms with Gasteiger partial charge in [0, 0.05) is 5.56 Å². The van der Waals surface area contributed by atoms with Crippen molar-refractivity contribution < 1.29 is 44.8 Å². The number of benzene rings is 2. The van der Waals surface area contributed by atoms with Gasteiger partial charge in [0.2, 0.25) is 5.91 Å². The molecule has 0 aliphatic carbocycles. The minimum Gasteiger partial charge on any atom is -0.355 e. The minimum absolute atomic E-state index is 0.172. The molecule has 0 saturated heterocycles. The molecule has 0 radical (unpaired) electrons. The summed E-state index contributed by atoms with van der Waals surface area (Å²) in [4.78, 5) is 13.5. The normalized spacial score (nSPS) is 14.1. The van der Waals surface area contributed by atoms with E-state index in [1.54, 1.807) is 36.8 Å². The summed E-state index contributed by atoms with van der Waals surface area (Å²) >= 11 is 0. The topological polar surface area (TPSA) is 95.6 Å². The Morgan fingerprint density at radius 2 is 1.68 bits per heavy atom. The molecule has 0 aliphatic rings. The summed E-state index contributed by atoms with van der Waals surface area (Å²) in [5.74, 6) is -4.56. The van der Waals surface area contributed by atoms with Crippen LogP contribution >= 0.6 is 10.8 Å². The van der Waals surface area contributed by atoms with Crippen LogP contribution in [0.2, 0.25) is 0 Å². The van der Waals surface area contributed by atoms with E-state index in [1.807, 2.05) is 0 Å². The molecule has 13 heteroatoms. The first-order valence-electron chi connectivity index (χ1n) is 11.4. The standard InChI is InChI=1S/C24H26F6N2O4S/c1-3-8-15-12-17-20(36-31-21(17)24(28,29)30)16(9-4-2)18(15)19(14-10-6-5-7-11-14)22(33)32-37(34,35)13-23(25,26)27/h5-7,10-12,19,34-35H,3-4,8-9,13H2,1-2H3,(H,32,33). The van der Waals surface area contributed by atoms with Crippen molar-refractivity contribution in [3.05, 3.63) is 64.3 Å². The highest BCUT2D eigenvalue weighted by Crippen LogP contribution is 2.44. The van der Waals surface area contributed by atoms with Crippen LogP contribution < -0.4 is 4.72 Å². The third-order valence-corrected chi connectivity index (χ3v) is 6.85. The average molecular weight is 553 g/mol. The molecule has 1 heterocycles. The van der Waals surface area contributed by atoms with Crippen molar-refractivity contribution in [1.29, 1.82) is 0 Å². The van der Waals surface area contributed by atoms with Crippen molar-refractivity contribution >= 4 is 27.7 Å². The van der Waals surface area contributed by atoms with Gasteiger partial charge in [-0.1, -0.05) is 62.2 Å². The maximum Gasteiger partial charge on any atom is 0.437 e. The number of rotatable bonds is 9. The summed E-state index contributed by atoms with van der Waals surface area (Å²) in [6.07, 6.45) is -8.45. The molecule has 0 fully saturated rings. The summed E-state index contributed by atoms with van der Waals surface area (Å²) in [6, 6.07) is 9.09. The molecule has 6 nitrogen and oxygen atoms in total. The molecule has 2 aromatic carbocycles. The van der Waals surface area contributed by atoms with Crippen LogP contribution in [0.15, 0.2) is 40.9 Å². The molecule has 0 bridgehead atoms. The Bertz CT molecular complexity index is 1240. The summed E-state index contributed by atoms with van der Waals surface area (Å²) in [5.41, 5.74) is -0.256. The number of fused-ring (bicyclic) bond motifs is 1. The highest BCUT2D eigenvalue weighted by molar-refractivity contribution is 8.23. The van der Waals surface area contributed by atoms with Crippen LogP contribution in [0.3, 0.4) is 0 Å². The van der Waals surface area contributed by atoms with Crippen molar-refractivity contribution in [3.63, 3.8) is 0 Å². The number of alkyl halides is 6. The molecule has 0 aliphatic heterocycles. The number of carbonyl (C=O) groups is 1. The van der Waals surface area contributed by atoms with Crippen LogP contribution in [0, 0.1) is 0 Å². The Labute approximate surface area is 210 Å². The average Bonchev–Trinajstić information content (AvgIpc) is 3.19. The molecule has 37 heavy (non-hydrogen) atoms. The van der Waals surface area contributed by atoms with Crippen LogP contribution in [0.25, 0.3) is 11.0 Å². The molecule has 1 unspecified atom stereocenters. The number of nitrogens with one attached hydrogen (secondary N) is 1. The highest BCUT2D eigenvalue weighted by Gasteiger charge is 2.41. The van der Waals surface area contributed by atoms with E-state index in [1.165, 1.54) is 18.2 Å². The zero-order valence-electron chi connectivity index (χ0n) is 19.9. The number of amides is 1. The van der Waals surface area contributed by atoms with Crippen LogP contribution in [-0.2, 0) is 23.8 Å². The van der Waals surface area contributed by atoms with Gasteiger partial charge in [-0.15, -0.1) is 10.8 Å². The monoisotopic (exact) mass is 552 g/mol. The van der Waals surface area contributed by atoms with Gasteiger partial charge in [-0.25, -0.2) is 0 Å². The number of hydrogen-bond acceptors (Lipinski definition) is 5. The van der Waals surface area contributed by atoms with E-state index >= 15 is 0 Å². The van der Waals surface area contributed by atoms with E-state index in [4.69, 9.17) is 4.52 Å². The quantitative estimate of drug-likeness (QED) is 0.244. The molecule has 204 valence electrons. The van der Waals surface area contributed by atoms with Crippen molar-refractivity contribution in [1.82, 2.24) is 9.88 Å². The lowest BCUT2D eigenvalue weighted by molar-refractivity contribution is -0.141. The molecule has 3 rings (SSSR count). The first kappa shape index (κ1) is 28.8. The van der Waals surface area contributed by atoms with E-state index in [9.17, 15) is 40.2 Å². The fourth-order valence-corrected chi connectivity index (χ4v) is 5.30. The summed E-state index contributed by atoms with van der Waals surface area (Å²) in [7, 11) is -4.62. The number of aryl methyl sites for hydroxylation is 2. The van der Waals surface area contributed by atoms with Crippen LogP contribution in [0.5, 0.6) is 0 Å². The Morgan fingerprint density at radius 1 is 1.05 bits per heavy atom. The van der Waals surface area contributed by atoms with E-state index < -0.39 is 46.4 Å². The van der Waals surface area contributed by atoms with Gasteiger partial charge in [0.25, 0.3) is 0 Å². The molecule has 0 spiro atoms. The smallest absolute Gasteiger partial charge is 0.355 e. The third kappa shape index (κ3) is 6.76. The molecule has 0 saturated carbocycles. The van der Waals surface area contributed by atoms with Crippen molar-refractivity contribution in [2.24, 2.45) is 0 Å². The first-order chi connectivity index (χ1) is 17.2. The molecule has 1 aromatic heterocycles. The number of halogens is 6. The molecule has 1 atom stereocenters. The van der Waals surface area contributed by atoms with Gasteiger partial charge in [0.05, 0.1) is 11.3 Å². The second kappa shape index (κ2) is 10.9. The largest absolute Gasteiger partial charge is 0.437 e. The van der Waals surface area contributed by atoms with Crippen molar-refractivity contribution in [2.75, 3.05) is 5.75 Å². The van der Waals surface area contributed by atoms with Crippen molar-refractivity contribution in [3.8, 4) is 0 Å². The maximum absolute atomic E-state index is 13.6. The predicted octanol–water partition coefficient (Wildman–Crippen LogP) is 7.23. The summed E-state index contributed by atoms with van der Waals surface area (Å²) in [6.45, 7) is 3.55. The molecule has 3 N–H and O–H groups in total. The Balaban J connectivity index is 2.30. The fourth-order valence-electron chi connectivity index (χ4n) is 4.33. The van der Waals surface area contributed by atoms with Gasteiger partial charge in [0.1, 0.15) is 0 Å². The van der Waals surface area contributed by atoms with Crippen molar-refractivity contribution in [2.45, 2.75) is 57.8 Å². The Kier molecular flexibility index (Phi) is 8.50. The van der Waals surface area contributed by atoms with Gasteiger partial charge in [-0.3, -0.25) is 18.6 Å². The molecular formula is C24H26F6N2O4S. The zero-order chi connectivity index (χ0) is 27.6. The van der Waals surface area contributed by atoms with E-state index in [0.29, 0.717) is 24.0 Å². The van der Waals surface area contributed by atoms with Gasteiger partial charge in [-0.05, 0) is 35.6 Å². The van der Waals surface area contributed by atoms with E-state index in [2.05, 4.69) is 5.16 Å². The first-order valence-corrected chi connectivity index (χ1v) is 13.1. The predicted molar refractivity (Wildman–Crippen MR) is 127 cm³/mol. The SMILES string of the molecule is CCCc1cc2c(C(F)(F)F)noc2c(CCC)c1C(C(=O)NS(O)(O)CC(F)(F)F)c1ccccc1. The number of nitrogens with zero attached hydrogens (tertiary/aromatic N) is 1. The van der Waals surface area contributed by atoms with Gasteiger partial charge < -0.3 is 4.52 Å².